The highest BCUT2D eigenvalue weighted by molar-refractivity contribution is 5.91. The van der Waals surface area contributed by atoms with Gasteiger partial charge < -0.3 is 14.3 Å². The Balaban J connectivity index is 1.93. The van der Waals surface area contributed by atoms with Crippen molar-refractivity contribution >= 4 is 22.8 Å². The largest absolute Gasteiger partial charge is 0.345 e. The van der Waals surface area contributed by atoms with Crippen molar-refractivity contribution < 1.29 is 9.32 Å². The zero-order valence-electron chi connectivity index (χ0n) is 11.8. The molecule has 0 aliphatic carbocycles. The molecule has 0 radical (unpaired) electrons. The van der Waals surface area contributed by atoms with Crippen molar-refractivity contribution in [3.05, 3.63) is 12.0 Å². The molecular weight excluding hydrogens is 258 g/mol. The first kappa shape index (κ1) is 12.8. The first-order valence-corrected chi connectivity index (χ1v) is 6.69. The average molecular weight is 275 g/mol. The van der Waals surface area contributed by atoms with Gasteiger partial charge in [-0.05, 0) is 20.8 Å². The highest BCUT2D eigenvalue weighted by Gasteiger charge is 2.28. The first-order chi connectivity index (χ1) is 9.58. The molecule has 0 spiro atoms. The van der Waals surface area contributed by atoms with Crippen molar-refractivity contribution in [3.63, 3.8) is 0 Å². The summed E-state index contributed by atoms with van der Waals surface area (Å²) in [4.78, 5) is 24.4. The van der Waals surface area contributed by atoms with E-state index in [9.17, 15) is 4.79 Å². The van der Waals surface area contributed by atoms with E-state index < -0.39 is 0 Å². The highest BCUT2D eigenvalue weighted by Crippen LogP contribution is 2.26. The van der Waals surface area contributed by atoms with E-state index in [0.717, 1.165) is 23.4 Å². The lowest BCUT2D eigenvalue weighted by atomic mass is 10.2. The number of hydrogen-bond acceptors (Lipinski definition) is 6. The van der Waals surface area contributed by atoms with Gasteiger partial charge in [0.25, 0.3) is 5.71 Å². The van der Waals surface area contributed by atoms with Gasteiger partial charge in [-0.25, -0.2) is 4.98 Å². The monoisotopic (exact) mass is 275 g/mol. The molecule has 2 aromatic heterocycles. The second-order valence-electron chi connectivity index (χ2n) is 5.25. The van der Waals surface area contributed by atoms with Crippen LogP contribution in [0.4, 0.5) is 5.82 Å². The fourth-order valence-corrected chi connectivity index (χ4v) is 2.56. The van der Waals surface area contributed by atoms with Crippen LogP contribution >= 0.6 is 0 Å². The van der Waals surface area contributed by atoms with Crippen LogP contribution in [0.5, 0.6) is 0 Å². The molecule has 1 aliphatic rings. The van der Waals surface area contributed by atoms with E-state index in [-0.39, 0.29) is 11.9 Å². The van der Waals surface area contributed by atoms with Crippen LogP contribution in [-0.4, -0.2) is 51.6 Å². The smallest absolute Gasteiger partial charge is 0.263 e. The van der Waals surface area contributed by atoms with Crippen molar-refractivity contribution in [1.29, 1.82) is 0 Å². The number of rotatable bonds is 2. The van der Waals surface area contributed by atoms with Crippen molar-refractivity contribution in [1.82, 2.24) is 20.0 Å². The molecule has 0 atom stereocenters. The molecule has 2 aromatic rings. The van der Waals surface area contributed by atoms with Crippen LogP contribution < -0.4 is 4.90 Å². The molecule has 1 fully saturated rings. The van der Waals surface area contributed by atoms with Gasteiger partial charge in [-0.15, -0.1) is 0 Å². The number of carbonyl (C=O) groups is 1. The van der Waals surface area contributed by atoms with Gasteiger partial charge in [-0.1, -0.05) is 5.16 Å². The van der Waals surface area contributed by atoms with E-state index in [2.05, 4.69) is 15.1 Å². The lowest BCUT2D eigenvalue weighted by Gasteiger charge is -2.37. The standard InChI is InChI=1S/C13H17N5O2/c1-8(2)18-5-4-17(6-10(18)19)12-11-9(3)16-20-13(11)15-7-14-12/h7-8H,4-6H2,1-3H3. The van der Waals surface area contributed by atoms with E-state index in [1.807, 2.05) is 30.6 Å². The number of nitrogens with zero attached hydrogens (tertiary/aromatic N) is 5. The molecule has 0 saturated carbocycles. The molecule has 0 bridgehead atoms. The maximum absolute atomic E-state index is 12.2. The second kappa shape index (κ2) is 4.73. The molecule has 0 N–H and O–H groups in total. The van der Waals surface area contributed by atoms with Gasteiger partial charge in [0.15, 0.2) is 0 Å². The Morgan fingerprint density at radius 1 is 1.30 bits per heavy atom. The first-order valence-electron chi connectivity index (χ1n) is 6.69. The summed E-state index contributed by atoms with van der Waals surface area (Å²) >= 11 is 0. The summed E-state index contributed by atoms with van der Waals surface area (Å²) in [7, 11) is 0. The van der Waals surface area contributed by atoms with E-state index >= 15 is 0 Å². The van der Waals surface area contributed by atoms with E-state index in [1.165, 1.54) is 6.33 Å². The fourth-order valence-electron chi connectivity index (χ4n) is 2.56. The Kier molecular flexibility index (Phi) is 3.04. The zero-order valence-corrected chi connectivity index (χ0v) is 11.8. The molecule has 3 heterocycles. The number of fused-ring (bicyclic) bond motifs is 1. The van der Waals surface area contributed by atoms with Gasteiger partial charge in [0.2, 0.25) is 5.91 Å². The number of aromatic nitrogens is 3. The summed E-state index contributed by atoms with van der Waals surface area (Å²) in [6, 6.07) is 0.229. The van der Waals surface area contributed by atoms with Crippen LogP contribution in [0.15, 0.2) is 10.9 Å². The molecule has 3 rings (SSSR count). The second-order valence-corrected chi connectivity index (χ2v) is 5.25. The van der Waals surface area contributed by atoms with Crippen LogP contribution in [0.25, 0.3) is 11.1 Å². The molecular formula is C13H17N5O2. The van der Waals surface area contributed by atoms with Crippen molar-refractivity contribution in [2.75, 3.05) is 24.5 Å². The Labute approximate surface area is 116 Å². The zero-order chi connectivity index (χ0) is 14.3. The summed E-state index contributed by atoms with van der Waals surface area (Å²) < 4.78 is 5.14. The van der Waals surface area contributed by atoms with Crippen LogP contribution in [0.2, 0.25) is 0 Å². The summed E-state index contributed by atoms with van der Waals surface area (Å²) in [6.45, 7) is 7.69. The van der Waals surface area contributed by atoms with Crippen molar-refractivity contribution in [2.45, 2.75) is 26.8 Å². The van der Waals surface area contributed by atoms with E-state index in [1.54, 1.807) is 0 Å². The maximum Gasteiger partial charge on any atom is 0.263 e. The maximum atomic E-state index is 12.2. The Hall–Kier alpha value is -2.18. The van der Waals surface area contributed by atoms with Crippen LogP contribution in [-0.2, 0) is 4.79 Å². The summed E-state index contributed by atoms with van der Waals surface area (Å²) in [6.07, 6.45) is 1.45. The molecule has 1 amide bonds. The van der Waals surface area contributed by atoms with Gasteiger partial charge in [0, 0.05) is 19.1 Å². The number of carbonyl (C=O) groups excluding carboxylic acids is 1. The molecule has 1 saturated heterocycles. The third-order valence-electron chi connectivity index (χ3n) is 3.60. The van der Waals surface area contributed by atoms with Crippen LogP contribution in [0.3, 0.4) is 0 Å². The molecule has 7 heteroatoms. The molecule has 106 valence electrons. The van der Waals surface area contributed by atoms with Gasteiger partial charge in [0.05, 0.1) is 12.2 Å². The number of anilines is 1. The van der Waals surface area contributed by atoms with Crippen molar-refractivity contribution in [2.24, 2.45) is 0 Å². The minimum Gasteiger partial charge on any atom is -0.345 e. The van der Waals surface area contributed by atoms with Gasteiger partial charge in [-0.2, -0.15) is 4.98 Å². The molecule has 0 aromatic carbocycles. The van der Waals surface area contributed by atoms with Crippen LogP contribution in [0.1, 0.15) is 19.5 Å². The fraction of sp³-hybridized carbons (Fsp3) is 0.538. The molecule has 1 aliphatic heterocycles. The average Bonchev–Trinajstić information content (AvgIpc) is 2.80. The topological polar surface area (TPSA) is 75.4 Å². The lowest BCUT2D eigenvalue weighted by molar-refractivity contribution is -0.132. The predicted octanol–water partition coefficient (Wildman–Crippen LogP) is 0.983. The lowest BCUT2D eigenvalue weighted by Crippen LogP contribution is -2.53. The van der Waals surface area contributed by atoms with E-state index in [0.29, 0.717) is 18.8 Å². The Morgan fingerprint density at radius 3 is 2.80 bits per heavy atom. The summed E-state index contributed by atoms with van der Waals surface area (Å²) in [5.74, 6) is 0.845. The molecule has 20 heavy (non-hydrogen) atoms. The minimum atomic E-state index is 0.118. The number of aryl methyl sites for hydroxylation is 1. The molecule has 7 nitrogen and oxygen atoms in total. The Bertz CT molecular complexity index is 651. The SMILES string of the molecule is Cc1noc2ncnc(N3CCN(C(C)C)C(=O)C3)c12. The van der Waals surface area contributed by atoms with E-state index in [4.69, 9.17) is 4.52 Å². The van der Waals surface area contributed by atoms with Gasteiger partial charge in [-0.3, -0.25) is 4.79 Å². The summed E-state index contributed by atoms with van der Waals surface area (Å²) in [5.41, 5.74) is 1.21. The third-order valence-corrected chi connectivity index (χ3v) is 3.60. The van der Waals surface area contributed by atoms with Gasteiger partial charge >= 0.3 is 0 Å². The number of hydrogen-bond donors (Lipinski definition) is 0. The number of piperazine rings is 1. The number of amides is 1. The van der Waals surface area contributed by atoms with Gasteiger partial charge in [0.1, 0.15) is 17.5 Å². The third kappa shape index (κ3) is 1.99. The van der Waals surface area contributed by atoms with Crippen molar-refractivity contribution in [3.8, 4) is 0 Å². The van der Waals surface area contributed by atoms with Crippen LogP contribution in [0, 0.1) is 6.92 Å². The molecule has 0 unspecified atom stereocenters. The minimum absolute atomic E-state index is 0.118. The highest BCUT2D eigenvalue weighted by atomic mass is 16.5. The summed E-state index contributed by atoms with van der Waals surface area (Å²) in [5, 5.41) is 4.70. The quantitative estimate of drug-likeness (QED) is 0.813. The Morgan fingerprint density at radius 2 is 2.10 bits per heavy atom. The predicted molar refractivity (Wildman–Crippen MR) is 73.4 cm³/mol. The normalized spacial score (nSPS) is 16.5.